The fourth-order valence-electron chi connectivity index (χ4n) is 1.81. The Morgan fingerprint density at radius 3 is 2.74 bits per heavy atom. The Morgan fingerprint density at radius 2 is 2.00 bits per heavy atom. The van der Waals surface area contributed by atoms with Crippen LogP contribution in [0, 0.1) is 12.7 Å². The predicted octanol–water partition coefficient (Wildman–Crippen LogP) is 4.52. The first-order valence-corrected chi connectivity index (χ1v) is 6.71. The van der Waals surface area contributed by atoms with Crippen LogP contribution in [-0.2, 0) is 6.54 Å². The summed E-state index contributed by atoms with van der Waals surface area (Å²) >= 11 is 3.43. The Balaban J connectivity index is 2.14. The first kappa shape index (κ1) is 13.9. The molecule has 0 atom stereocenters. The van der Waals surface area contributed by atoms with Crippen LogP contribution in [0.2, 0.25) is 0 Å². The van der Waals surface area contributed by atoms with Gasteiger partial charge in [0.2, 0.25) is 0 Å². The minimum absolute atomic E-state index is 0.214. The summed E-state index contributed by atoms with van der Waals surface area (Å²) in [4.78, 5) is 0. The highest BCUT2D eigenvalue weighted by Crippen LogP contribution is 2.25. The predicted molar refractivity (Wildman–Crippen MR) is 79.2 cm³/mol. The van der Waals surface area contributed by atoms with Crippen LogP contribution in [0.15, 0.2) is 40.9 Å². The van der Waals surface area contributed by atoms with Gasteiger partial charge in [-0.3, -0.25) is 0 Å². The van der Waals surface area contributed by atoms with E-state index in [-0.39, 0.29) is 5.82 Å². The summed E-state index contributed by atoms with van der Waals surface area (Å²) < 4.78 is 19.3. The molecule has 2 aromatic carbocycles. The molecule has 0 aliphatic heterocycles. The number of methoxy groups -OCH3 is 1. The molecule has 0 aromatic heterocycles. The van der Waals surface area contributed by atoms with Gasteiger partial charge in [-0.05, 0) is 42.3 Å². The lowest BCUT2D eigenvalue weighted by atomic mass is 10.1. The molecule has 0 spiro atoms. The molecule has 0 aliphatic rings. The minimum atomic E-state index is -0.214. The van der Waals surface area contributed by atoms with Crippen LogP contribution < -0.4 is 10.1 Å². The van der Waals surface area contributed by atoms with Gasteiger partial charge in [0.1, 0.15) is 11.6 Å². The Labute approximate surface area is 120 Å². The first-order chi connectivity index (χ1) is 9.08. The van der Waals surface area contributed by atoms with Gasteiger partial charge >= 0.3 is 0 Å². The van der Waals surface area contributed by atoms with Crippen molar-refractivity contribution in [1.82, 2.24) is 0 Å². The molecule has 4 heteroatoms. The lowest BCUT2D eigenvalue weighted by Crippen LogP contribution is -2.02. The van der Waals surface area contributed by atoms with E-state index in [0.717, 1.165) is 27.0 Å². The van der Waals surface area contributed by atoms with Crippen molar-refractivity contribution in [3.8, 4) is 5.75 Å². The van der Waals surface area contributed by atoms with Gasteiger partial charge in [0.25, 0.3) is 0 Å². The highest BCUT2D eigenvalue weighted by molar-refractivity contribution is 9.10. The van der Waals surface area contributed by atoms with Crippen LogP contribution in [-0.4, -0.2) is 7.11 Å². The van der Waals surface area contributed by atoms with Crippen molar-refractivity contribution in [2.24, 2.45) is 0 Å². The third kappa shape index (κ3) is 3.70. The summed E-state index contributed by atoms with van der Waals surface area (Å²) in [5, 5.41) is 3.27. The van der Waals surface area contributed by atoms with E-state index in [2.05, 4.69) is 21.2 Å². The van der Waals surface area contributed by atoms with E-state index in [9.17, 15) is 4.39 Å². The van der Waals surface area contributed by atoms with E-state index in [0.29, 0.717) is 6.54 Å². The van der Waals surface area contributed by atoms with Crippen molar-refractivity contribution in [3.63, 3.8) is 0 Å². The molecule has 19 heavy (non-hydrogen) atoms. The third-order valence-electron chi connectivity index (χ3n) is 2.90. The van der Waals surface area contributed by atoms with Crippen LogP contribution in [0.5, 0.6) is 5.75 Å². The topological polar surface area (TPSA) is 21.3 Å². The van der Waals surface area contributed by atoms with Crippen molar-refractivity contribution in [3.05, 3.63) is 57.8 Å². The van der Waals surface area contributed by atoms with Gasteiger partial charge in [0, 0.05) is 22.8 Å². The second-order valence-corrected chi connectivity index (χ2v) is 5.22. The molecule has 2 nitrogen and oxygen atoms in total. The lowest BCUT2D eigenvalue weighted by molar-refractivity contribution is 0.414. The van der Waals surface area contributed by atoms with Crippen molar-refractivity contribution in [1.29, 1.82) is 0 Å². The van der Waals surface area contributed by atoms with Gasteiger partial charge in [0.05, 0.1) is 7.11 Å². The van der Waals surface area contributed by atoms with Crippen LogP contribution in [0.1, 0.15) is 11.1 Å². The van der Waals surface area contributed by atoms with E-state index in [1.807, 2.05) is 25.1 Å². The smallest absolute Gasteiger partial charge is 0.123 e. The van der Waals surface area contributed by atoms with Crippen LogP contribution in [0.25, 0.3) is 0 Å². The third-order valence-corrected chi connectivity index (χ3v) is 3.36. The number of nitrogens with one attached hydrogen (secondary N) is 1. The second kappa shape index (κ2) is 6.06. The number of hydrogen-bond acceptors (Lipinski definition) is 2. The maximum absolute atomic E-state index is 13.2. The summed E-state index contributed by atoms with van der Waals surface area (Å²) in [7, 11) is 1.63. The second-order valence-electron chi connectivity index (χ2n) is 4.30. The van der Waals surface area contributed by atoms with Gasteiger partial charge in [-0.2, -0.15) is 0 Å². The fraction of sp³-hybridized carbons (Fsp3) is 0.200. The van der Waals surface area contributed by atoms with E-state index < -0.39 is 0 Å². The van der Waals surface area contributed by atoms with Gasteiger partial charge in [-0.15, -0.1) is 0 Å². The van der Waals surface area contributed by atoms with Crippen LogP contribution >= 0.6 is 15.9 Å². The molecule has 0 aliphatic carbocycles. The number of ether oxygens (including phenoxy) is 1. The zero-order valence-corrected chi connectivity index (χ0v) is 12.4. The summed E-state index contributed by atoms with van der Waals surface area (Å²) in [5.41, 5.74) is 2.93. The van der Waals surface area contributed by atoms with E-state index in [1.165, 1.54) is 6.07 Å². The highest BCUT2D eigenvalue weighted by Gasteiger charge is 2.03. The molecular formula is C15H15BrFNO. The van der Waals surface area contributed by atoms with Crippen molar-refractivity contribution < 1.29 is 9.13 Å². The number of benzene rings is 2. The average Bonchev–Trinajstić information content (AvgIpc) is 2.39. The molecule has 0 fully saturated rings. The molecule has 1 N–H and O–H groups in total. The van der Waals surface area contributed by atoms with Crippen molar-refractivity contribution in [2.45, 2.75) is 13.5 Å². The number of halogens is 2. The molecule has 0 amide bonds. The van der Waals surface area contributed by atoms with Gasteiger partial charge in [0.15, 0.2) is 0 Å². The number of hydrogen-bond donors (Lipinski definition) is 1. The fourth-order valence-corrected chi connectivity index (χ4v) is 2.28. The van der Waals surface area contributed by atoms with Crippen molar-refractivity contribution in [2.75, 3.05) is 12.4 Å². The molecule has 0 radical (unpaired) electrons. The summed E-state index contributed by atoms with van der Waals surface area (Å²) in [6.07, 6.45) is 0. The largest absolute Gasteiger partial charge is 0.497 e. The molecule has 2 aromatic rings. The quantitative estimate of drug-likeness (QED) is 0.893. The zero-order valence-electron chi connectivity index (χ0n) is 10.8. The maximum atomic E-state index is 13.2. The average molecular weight is 324 g/mol. The zero-order chi connectivity index (χ0) is 13.8. The standard InChI is InChI=1S/C15H15BrFNO/c1-10-3-4-13(17)5-11(10)9-18-14-6-12(16)7-15(8-14)19-2/h3-8,18H,9H2,1-2H3. The first-order valence-electron chi connectivity index (χ1n) is 5.92. The van der Waals surface area contributed by atoms with E-state index in [1.54, 1.807) is 19.2 Å². The number of rotatable bonds is 4. The van der Waals surface area contributed by atoms with Crippen molar-refractivity contribution >= 4 is 21.6 Å². The van der Waals surface area contributed by atoms with E-state index >= 15 is 0 Å². The molecule has 0 unspecified atom stereocenters. The molecule has 0 saturated carbocycles. The lowest BCUT2D eigenvalue weighted by Gasteiger charge is -2.11. The Morgan fingerprint density at radius 1 is 1.21 bits per heavy atom. The van der Waals surface area contributed by atoms with Gasteiger partial charge in [-0.1, -0.05) is 22.0 Å². The number of aryl methyl sites for hydroxylation is 1. The van der Waals surface area contributed by atoms with E-state index in [4.69, 9.17) is 4.74 Å². The molecule has 0 heterocycles. The molecule has 0 bridgehead atoms. The maximum Gasteiger partial charge on any atom is 0.123 e. The van der Waals surface area contributed by atoms with Gasteiger partial charge < -0.3 is 10.1 Å². The number of anilines is 1. The molecular weight excluding hydrogens is 309 g/mol. The normalized spacial score (nSPS) is 10.3. The van der Waals surface area contributed by atoms with Gasteiger partial charge in [-0.25, -0.2) is 4.39 Å². The summed E-state index contributed by atoms with van der Waals surface area (Å²) in [5.74, 6) is 0.557. The summed E-state index contributed by atoms with van der Waals surface area (Å²) in [6.45, 7) is 2.54. The highest BCUT2D eigenvalue weighted by atomic mass is 79.9. The summed E-state index contributed by atoms with van der Waals surface area (Å²) in [6, 6.07) is 10.6. The van der Waals surface area contributed by atoms with Crippen LogP contribution in [0.4, 0.5) is 10.1 Å². The Hall–Kier alpha value is -1.55. The Bertz CT molecular complexity index is 586. The SMILES string of the molecule is COc1cc(Br)cc(NCc2cc(F)ccc2C)c1. The van der Waals surface area contributed by atoms with Crippen LogP contribution in [0.3, 0.4) is 0 Å². The molecule has 2 rings (SSSR count). The molecule has 0 saturated heterocycles. The minimum Gasteiger partial charge on any atom is -0.497 e. The monoisotopic (exact) mass is 323 g/mol. The Kier molecular flexibility index (Phi) is 4.43. The molecule has 100 valence electrons.